The Labute approximate surface area is 172 Å². The third-order valence-electron chi connectivity index (χ3n) is 7.37. The van der Waals surface area contributed by atoms with Gasteiger partial charge in [0.25, 0.3) is 0 Å². The van der Waals surface area contributed by atoms with Crippen LogP contribution in [0.2, 0.25) is 0 Å². The zero-order valence-corrected chi connectivity index (χ0v) is 17.3. The molecular formula is C20H26F4N4O2. The molecule has 1 saturated heterocycles. The van der Waals surface area contributed by atoms with E-state index in [2.05, 4.69) is 21.6 Å². The number of aromatic nitrogens is 2. The predicted molar refractivity (Wildman–Crippen MR) is 97.5 cm³/mol. The summed E-state index contributed by atoms with van der Waals surface area (Å²) in [6, 6.07) is 1.27. The molecule has 1 amide bonds. The molecule has 166 valence electrons. The van der Waals surface area contributed by atoms with Crippen LogP contribution < -0.4 is 0 Å². The quantitative estimate of drug-likeness (QED) is 0.650. The summed E-state index contributed by atoms with van der Waals surface area (Å²) in [7, 11) is 0. The van der Waals surface area contributed by atoms with Crippen molar-refractivity contribution in [2.45, 2.75) is 77.7 Å². The second kappa shape index (κ2) is 7.82. The summed E-state index contributed by atoms with van der Waals surface area (Å²) in [6.07, 6.45) is -3.18. The van der Waals surface area contributed by atoms with Crippen LogP contribution in [0.3, 0.4) is 0 Å². The fourth-order valence-electron chi connectivity index (χ4n) is 4.85. The number of alkyl halides is 4. The number of carbonyl (C=O) groups excluding carboxylic acids is 1. The third kappa shape index (κ3) is 4.16. The van der Waals surface area contributed by atoms with E-state index in [4.69, 9.17) is 5.26 Å². The lowest BCUT2D eigenvalue weighted by Crippen LogP contribution is -2.38. The first-order valence-electron chi connectivity index (χ1n) is 10.1. The highest BCUT2D eigenvalue weighted by molar-refractivity contribution is 5.77. The molecule has 10 heteroatoms. The molecule has 1 aliphatic carbocycles. The normalized spacial score (nSPS) is 31.1. The van der Waals surface area contributed by atoms with Gasteiger partial charge in [-0.05, 0) is 36.0 Å². The predicted octanol–water partition coefficient (Wildman–Crippen LogP) is 4.32. The summed E-state index contributed by atoms with van der Waals surface area (Å²) in [4.78, 5) is 17.4. The third-order valence-corrected chi connectivity index (χ3v) is 7.37. The maximum Gasteiger partial charge on any atom is 0.471 e. The van der Waals surface area contributed by atoms with E-state index in [1.165, 1.54) is 4.90 Å². The van der Waals surface area contributed by atoms with Crippen LogP contribution in [0.4, 0.5) is 17.6 Å². The van der Waals surface area contributed by atoms with Gasteiger partial charge < -0.3 is 9.42 Å². The van der Waals surface area contributed by atoms with E-state index >= 15 is 0 Å². The Hall–Kier alpha value is -2.18. The number of nitriles is 1. The zero-order chi connectivity index (χ0) is 22.3. The Morgan fingerprint density at radius 2 is 2.07 bits per heavy atom. The topological polar surface area (TPSA) is 83.0 Å². The number of likely N-dealkylation sites (tertiary alicyclic amines) is 1. The van der Waals surface area contributed by atoms with Gasteiger partial charge in [-0.2, -0.15) is 23.4 Å². The SMILES string of the molecule is CC1(C)[C@H](Cc2noc(C(F)(F)F)n2)CC[C@]1(C)CCC(=O)N1C[C@@H](F)C[C@H]1C#N. The van der Waals surface area contributed by atoms with E-state index in [0.717, 1.165) is 12.8 Å². The van der Waals surface area contributed by atoms with Gasteiger partial charge in [0.15, 0.2) is 5.82 Å². The summed E-state index contributed by atoms with van der Waals surface area (Å²) in [6.45, 7) is 6.12. The smallest absolute Gasteiger partial charge is 0.329 e. The average molecular weight is 430 g/mol. The largest absolute Gasteiger partial charge is 0.471 e. The first-order chi connectivity index (χ1) is 13.9. The Morgan fingerprint density at radius 1 is 1.37 bits per heavy atom. The molecule has 30 heavy (non-hydrogen) atoms. The highest BCUT2D eigenvalue weighted by Gasteiger charge is 2.51. The van der Waals surface area contributed by atoms with Crippen LogP contribution in [0.25, 0.3) is 0 Å². The van der Waals surface area contributed by atoms with E-state index in [1.807, 2.05) is 19.9 Å². The van der Waals surface area contributed by atoms with E-state index in [-0.39, 0.29) is 54.3 Å². The molecule has 3 rings (SSSR count). The van der Waals surface area contributed by atoms with Crippen LogP contribution in [0, 0.1) is 28.1 Å². The fourth-order valence-corrected chi connectivity index (χ4v) is 4.85. The molecule has 1 aliphatic heterocycles. The van der Waals surface area contributed by atoms with Crippen LogP contribution in [0.1, 0.15) is 64.6 Å². The van der Waals surface area contributed by atoms with E-state index in [9.17, 15) is 22.4 Å². The standard InChI is InChI=1S/C20H26F4N4O2/c1-18(2)12(8-15-26-17(30-27-15)20(22,23)24)4-6-19(18,3)7-5-16(29)28-11-13(21)9-14(28)10-25/h12-14H,4-9,11H2,1-3H3/t12-,13-,14-,19+/m0/s1. The van der Waals surface area contributed by atoms with Crippen LogP contribution in [0.5, 0.6) is 0 Å². The van der Waals surface area contributed by atoms with Crippen molar-refractivity contribution in [1.29, 1.82) is 5.26 Å². The molecule has 1 aromatic rings. The van der Waals surface area contributed by atoms with Gasteiger partial charge >= 0.3 is 12.1 Å². The summed E-state index contributed by atoms with van der Waals surface area (Å²) in [5.41, 5.74) is -0.518. The minimum Gasteiger partial charge on any atom is -0.329 e. The summed E-state index contributed by atoms with van der Waals surface area (Å²) >= 11 is 0. The number of nitrogens with zero attached hydrogens (tertiary/aromatic N) is 4. The number of hydrogen-bond donors (Lipinski definition) is 0. The fraction of sp³-hybridized carbons (Fsp3) is 0.800. The monoisotopic (exact) mass is 430 g/mol. The van der Waals surface area contributed by atoms with Crippen molar-refractivity contribution >= 4 is 5.91 Å². The maximum absolute atomic E-state index is 13.6. The molecule has 2 fully saturated rings. The van der Waals surface area contributed by atoms with Gasteiger partial charge in [0.05, 0.1) is 12.6 Å². The molecule has 6 nitrogen and oxygen atoms in total. The molecule has 1 saturated carbocycles. The molecule has 0 unspecified atom stereocenters. The molecular weight excluding hydrogens is 404 g/mol. The molecule has 0 bridgehead atoms. The molecule has 0 spiro atoms. The average Bonchev–Trinajstić information content (AvgIpc) is 3.33. The van der Waals surface area contributed by atoms with Crippen molar-refractivity contribution in [2.24, 2.45) is 16.7 Å². The minimum atomic E-state index is -4.67. The van der Waals surface area contributed by atoms with Gasteiger partial charge in [-0.25, -0.2) is 4.39 Å². The van der Waals surface area contributed by atoms with Crippen LogP contribution in [-0.4, -0.2) is 39.7 Å². The maximum atomic E-state index is 13.6. The van der Waals surface area contributed by atoms with Gasteiger partial charge in [0.1, 0.15) is 12.2 Å². The molecule has 0 aromatic carbocycles. The zero-order valence-electron chi connectivity index (χ0n) is 17.3. The van der Waals surface area contributed by atoms with Gasteiger partial charge in [0.2, 0.25) is 5.91 Å². The lowest BCUT2D eigenvalue weighted by atomic mass is 9.63. The first-order valence-corrected chi connectivity index (χ1v) is 10.1. The molecule has 2 heterocycles. The van der Waals surface area contributed by atoms with Crippen molar-refractivity contribution in [2.75, 3.05) is 6.54 Å². The van der Waals surface area contributed by atoms with Gasteiger partial charge in [-0.3, -0.25) is 4.79 Å². The van der Waals surface area contributed by atoms with Gasteiger partial charge in [0, 0.05) is 19.3 Å². The summed E-state index contributed by atoms with van der Waals surface area (Å²) in [5, 5.41) is 12.6. The van der Waals surface area contributed by atoms with Crippen molar-refractivity contribution in [3.8, 4) is 6.07 Å². The Morgan fingerprint density at radius 3 is 2.67 bits per heavy atom. The van der Waals surface area contributed by atoms with Crippen molar-refractivity contribution in [1.82, 2.24) is 15.0 Å². The molecule has 1 aromatic heterocycles. The Bertz CT molecular complexity index is 832. The summed E-state index contributed by atoms with van der Waals surface area (Å²) in [5.74, 6) is -1.51. The first kappa shape index (κ1) is 22.5. The van der Waals surface area contributed by atoms with Crippen molar-refractivity contribution in [3.63, 3.8) is 0 Å². The molecule has 0 radical (unpaired) electrons. The number of halogens is 4. The van der Waals surface area contributed by atoms with Crippen LogP contribution in [0.15, 0.2) is 4.52 Å². The van der Waals surface area contributed by atoms with Crippen LogP contribution in [-0.2, 0) is 17.4 Å². The lowest BCUT2D eigenvalue weighted by molar-refractivity contribution is -0.159. The molecule has 4 atom stereocenters. The van der Waals surface area contributed by atoms with E-state index < -0.39 is 24.3 Å². The second-order valence-corrected chi connectivity index (χ2v) is 9.26. The van der Waals surface area contributed by atoms with Gasteiger partial charge in [-0.1, -0.05) is 25.9 Å². The van der Waals surface area contributed by atoms with Crippen molar-refractivity contribution in [3.05, 3.63) is 11.7 Å². The number of rotatable bonds is 5. The molecule has 2 aliphatic rings. The Balaban J connectivity index is 1.63. The number of carbonyl (C=O) groups is 1. The van der Waals surface area contributed by atoms with Crippen LogP contribution >= 0.6 is 0 Å². The number of hydrogen-bond acceptors (Lipinski definition) is 5. The number of amides is 1. The highest BCUT2D eigenvalue weighted by atomic mass is 19.4. The second-order valence-electron chi connectivity index (χ2n) is 9.26. The minimum absolute atomic E-state index is 0.0312. The Kier molecular flexibility index (Phi) is 5.87. The van der Waals surface area contributed by atoms with Crippen molar-refractivity contribution < 1.29 is 26.9 Å². The van der Waals surface area contributed by atoms with E-state index in [0.29, 0.717) is 6.42 Å². The summed E-state index contributed by atoms with van der Waals surface area (Å²) < 4.78 is 56.0. The van der Waals surface area contributed by atoms with E-state index in [1.54, 1.807) is 0 Å². The highest BCUT2D eigenvalue weighted by Crippen LogP contribution is 2.59. The lowest BCUT2D eigenvalue weighted by Gasteiger charge is -2.42. The molecule has 0 N–H and O–H groups in total. The van der Waals surface area contributed by atoms with Gasteiger partial charge in [-0.15, -0.1) is 0 Å².